The third-order valence-electron chi connectivity index (χ3n) is 11.1. The third kappa shape index (κ3) is 7.28. The van der Waals surface area contributed by atoms with Gasteiger partial charge in [-0.2, -0.15) is 0 Å². The van der Waals surface area contributed by atoms with E-state index in [0.717, 1.165) is 13.1 Å². The van der Waals surface area contributed by atoms with Crippen molar-refractivity contribution in [3.63, 3.8) is 0 Å². The van der Waals surface area contributed by atoms with Crippen molar-refractivity contribution in [3.05, 3.63) is 96.1 Å². The molecule has 7 rings (SSSR count). The number of likely N-dealkylation sites (tertiary alicyclic amines) is 1. The predicted molar refractivity (Wildman–Crippen MR) is 192 cm³/mol. The highest BCUT2D eigenvalue weighted by atomic mass is 16.6. The fourth-order valence-corrected chi connectivity index (χ4v) is 8.53. The van der Waals surface area contributed by atoms with Gasteiger partial charge in [0.25, 0.3) is 0 Å². The summed E-state index contributed by atoms with van der Waals surface area (Å²) in [6, 6.07) is 15.4. The first-order valence-corrected chi connectivity index (χ1v) is 18.5. The van der Waals surface area contributed by atoms with Gasteiger partial charge in [-0.15, -0.1) is 0 Å². The number of allylic oxidation sites excluding steroid dienone is 1. The molecule has 3 saturated heterocycles. The number of amides is 3. The molecule has 1 spiro atoms. The van der Waals surface area contributed by atoms with Crippen molar-refractivity contribution in [2.45, 2.75) is 48.8 Å². The maximum Gasteiger partial charge on any atom is 0.313 e. The summed E-state index contributed by atoms with van der Waals surface area (Å²) in [7, 11) is 1.51. The topological polar surface area (TPSA) is 147 Å². The third-order valence-corrected chi connectivity index (χ3v) is 11.1. The zero-order chi connectivity index (χ0) is 37.0. The molecule has 2 N–H and O–H groups in total. The van der Waals surface area contributed by atoms with E-state index in [4.69, 9.17) is 18.9 Å². The Hall–Kier alpha value is -4.40. The predicted octanol–water partition coefficient (Wildman–Crippen LogP) is 1.80. The van der Waals surface area contributed by atoms with Gasteiger partial charge in [0, 0.05) is 46.3 Å². The van der Waals surface area contributed by atoms with Gasteiger partial charge in [-0.05, 0) is 17.5 Å². The van der Waals surface area contributed by atoms with Crippen LogP contribution in [-0.2, 0) is 38.1 Å². The van der Waals surface area contributed by atoms with Crippen molar-refractivity contribution in [2.24, 2.45) is 11.8 Å². The molecular formula is C40H48N4O9. The zero-order valence-electron chi connectivity index (χ0n) is 30.0. The van der Waals surface area contributed by atoms with Gasteiger partial charge in [0.05, 0.1) is 50.5 Å². The summed E-state index contributed by atoms with van der Waals surface area (Å²) in [6.45, 7) is 3.70. The quantitative estimate of drug-likeness (QED) is 0.290. The molecule has 282 valence electrons. The summed E-state index contributed by atoms with van der Waals surface area (Å²) in [5.74, 6) is -4.03. The van der Waals surface area contributed by atoms with Crippen LogP contribution < -0.4 is 5.32 Å². The number of nitrogens with zero attached hydrogens (tertiary/aromatic N) is 3. The van der Waals surface area contributed by atoms with Crippen LogP contribution in [-0.4, -0.2) is 134 Å². The number of carbonyl (C=O) groups is 4. The molecule has 0 radical (unpaired) electrons. The Labute approximate surface area is 309 Å². The molecule has 13 nitrogen and oxygen atoms in total. The molecule has 8 atom stereocenters. The summed E-state index contributed by atoms with van der Waals surface area (Å²) in [5.41, 5.74) is -0.256. The summed E-state index contributed by atoms with van der Waals surface area (Å²) >= 11 is 0. The van der Waals surface area contributed by atoms with Crippen molar-refractivity contribution in [3.8, 4) is 0 Å². The van der Waals surface area contributed by atoms with E-state index in [1.807, 2.05) is 66.7 Å². The lowest BCUT2D eigenvalue weighted by atomic mass is 9.77. The molecule has 3 fully saturated rings. The molecule has 0 bridgehead atoms. The Morgan fingerprint density at radius 3 is 2.42 bits per heavy atom. The molecule has 2 aromatic rings. The second-order valence-electron chi connectivity index (χ2n) is 14.2. The molecule has 0 unspecified atom stereocenters. The SMILES string of the molecule is COC[C@H]1NC(=O)CC/C=C\[C@H]2O[C@]34C=CCN(CCN5CCOCC5)C(=O)[C@H]3N([C@H](CO)c3ccccc3)C(=O)[C@@H]4[C@H]2C(=O)O[C@@H]1c1ccccc1. The number of aliphatic hydroxyl groups excluding tert-OH is 1. The summed E-state index contributed by atoms with van der Waals surface area (Å²) in [4.78, 5) is 63.3. The summed E-state index contributed by atoms with van der Waals surface area (Å²) in [5, 5.41) is 13.9. The fourth-order valence-electron chi connectivity index (χ4n) is 8.53. The molecule has 13 heteroatoms. The van der Waals surface area contributed by atoms with Crippen LogP contribution in [0.5, 0.6) is 0 Å². The van der Waals surface area contributed by atoms with Gasteiger partial charge in [-0.1, -0.05) is 85.0 Å². The first-order valence-electron chi connectivity index (χ1n) is 18.5. The maximum absolute atomic E-state index is 15.1. The number of ether oxygens (including phenoxy) is 4. The van der Waals surface area contributed by atoms with Crippen molar-refractivity contribution in [2.75, 3.05) is 66.3 Å². The Bertz CT molecular complexity index is 1680. The second kappa shape index (κ2) is 16.3. The maximum atomic E-state index is 15.1. The zero-order valence-corrected chi connectivity index (χ0v) is 30.0. The molecule has 0 aromatic heterocycles. The van der Waals surface area contributed by atoms with Crippen molar-refractivity contribution in [1.29, 1.82) is 0 Å². The van der Waals surface area contributed by atoms with E-state index in [1.54, 1.807) is 23.1 Å². The number of morpholine rings is 1. The average Bonchev–Trinajstić information content (AvgIpc) is 3.57. The van der Waals surface area contributed by atoms with Crippen LogP contribution in [0.1, 0.15) is 36.1 Å². The van der Waals surface area contributed by atoms with Crippen LogP contribution >= 0.6 is 0 Å². The van der Waals surface area contributed by atoms with Crippen LogP contribution in [0.3, 0.4) is 0 Å². The second-order valence-corrected chi connectivity index (χ2v) is 14.2. The number of aliphatic hydroxyl groups is 1. The lowest BCUT2D eigenvalue weighted by molar-refractivity contribution is -0.163. The van der Waals surface area contributed by atoms with Gasteiger partial charge in [0.1, 0.15) is 23.7 Å². The van der Waals surface area contributed by atoms with Crippen LogP contribution in [0, 0.1) is 11.8 Å². The molecule has 53 heavy (non-hydrogen) atoms. The standard InChI is InChI=1S/C40H48N4O9/c1-50-26-29-35(28-13-6-3-7-14-28)52-39(49)33-31(15-8-9-16-32(46)41-29)53-40-17-10-18-43(20-19-42-21-23-51-24-22-42)38(48)36(40)44(37(47)34(33)40)30(25-45)27-11-4-2-5-12-27/h2-8,10-15,17,29-31,33-36,45H,9,16,18-26H2,1H3,(H,41,46)/b15-8-/t29-,30-,31-,33+,34+,35-,36-,40+/m1/s1. The lowest BCUT2D eigenvalue weighted by Crippen LogP contribution is -2.57. The molecule has 5 aliphatic heterocycles. The average molecular weight is 729 g/mol. The number of methoxy groups -OCH3 is 1. The molecule has 5 aliphatic rings. The minimum atomic E-state index is -1.55. The first kappa shape index (κ1) is 36.9. The van der Waals surface area contributed by atoms with Gasteiger partial charge < -0.3 is 39.2 Å². The van der Waals surface area contributed by atoms with Gasteiger partial charge in [0.2, 0.25) is 17.7 Å². The Morgan fingerprint density at radius 2 is 1.70 bits per heavy atom. The highest BCUT2D eigenvalue weighted by Crippen LogP contribution is 2.55. The van der Waals surface area contributed by atoms with Crippen LogP contribution in [0.4, 0.5) is 0 Å². The fraction of sp³-hybridized carbons (Fsp3) is 0.500. The van der Waals surface area contributed by atoms with Crippen molar-refractivity contribution < 1.29 is 43.2 Å². The van der Waals surface area contributed by atoms with Crippen LogP contribution in [0.15, 0.2) is 85.0 Å². The number of benzene rings is 2. The van der Waals surface area contributed by atoms with Crippen LogP contribution in [0.2, 0.25) is 0 Å². The largest absolute Gasteiger partial charge is 0.455 e. The van der Waals surface area contributed by atoms with Gasteiger partial charge in [-0.3, -0.25) is 24.1 Å². The minimum absolute atomic E-state index is 0.0634. The van der Waals surface area contributed by atoms with E-state index >= 15 is 4.79 Å². The van der Waals surface area contributed by atoms with Gasteiger partial charge in [-0.25, -0.2) is 0 Å². The number of carbonyl (C=O) groups excluding carboxylic acids is 4. The highest BCUT2D eigenvalue weighted by molar-refractivity contribution is 5.99. The monoisotopic (exact) mass is 728 g/mol. The molecule has 0 aliphatic carbocycles. The Morgan fingerprint density at radius 1 is 0.962 bits per heavy atom. The Balaban J connectivity index is 1.30. The molecule has 0 saturated carbocycles. The first-order chi connectivity index (χ1) is 25.9. The summed E-state index contributed by atoms with van der Waals surface area (Å²) in [6.07, 6.45) is 5.76. The van der Waals surface area contributed by atoms with E-state index in [2.05, 4.69) is 10.2 Å². The van der Waals surface area contributed by atoms with Crippen molar-refractivity contribution in [1.82, 2.24) is 20.0 Å². The molecule has 2 aromatic carbocycles. The highest BCUT2D eigenvalue weighted by Gasteiger charge is 2.72. The van der Waals surface area contributed by atoms with Crippen LogP contribution in [0.25, 0.3) is 0 Å². The molecule has 3 amide bonds. The van der Waals surface area contributed by atoms with E-state index in [0.29, 0.717) is 43.9 Å². The van der Waals surface area contributed by atoms with Gasteiger partial charge >= 0.3 is 5.97 Å². The van der Waals surface area contributed by atoms with E-state index in [-0.39, 0.29) is 31.4 Å². The molecular weight excluding hydrogens is 680 g/mol. The Kier molecular flexibility index (Phi) is 11.4. The normalized spacial score (nSPS) is 32.0. The van der Waals surface area contributed by atoms with E-state index < -0.39 is 66.3 Å². The number of rotatable bonds is 9. The minimum Gasteiger partial charge on any atom is -0.455 e. The number of hydrogen-bond acceptors (Lipinski definition) is 10. The van der Waals surface area contributed by atoms with E-state index in [1.165, 1.54) is 12.0 Å². The van der Waals surface area contributed by atoms with Crippen molar-refractivity contribution >= 4 is 23.7 Å². The smallest absolute Gasteiger partial charge is 0.313 e. The number of hydrogen-bond donors (Lipinski definition) is 2. The summed E-state index contributed by atoms with van der Waals surface area (Å²) < 4.78 is 24.3. The number of esters is 1. The number of fused-ring (bicyclic) bond motifs is 2. The van der Waals surface area contributed by atoms with E-state index in [9.17, 15) is 19.5 Å². The lowest BCUT2D eigenvalue weighted by Gasteiger charge is -2.39. The molecule has 5 heterocycles. The number of nitrogens with one attached hydrogen (secondary N) is 1. The van der Waals surface area contributed by atoms with Gasteiger partial charge in [0.15, 0.2) is 0 Å². The number of cyclic esters (lactones) is 1.